The molecule has 0 heterocycles. The van der Waals surface area contributed by atoms with Crippen LogP contribution in [0.2, 0.25) is 0 Å². The first-order valence-corrected chi connectivity index (χ1v) is 6.07. The third-order valence-electron chi connectivity index (χ3n) is 2.44. The summed E-state index contributed by atoms with van der Waals surface area (Å²) in [5, 5.41) is 12.0. The lowest BCUT2D eigenvalue weighted by Crippen LogP contribution is -2.34. The van der Waals surface area contributed by atoms with Crippen LogP contribution in [0.4, 0.5) is 4.39 Å². The van der Waals surface area contributed by atoms with Crippen molar-refractivity contribution in [2.75, 3.05) is 6.61 Å². The molecule has 0 spiro atoms. The molecule has 98 valence electrons. The largest absolute Gasteiger partial charge is 0.490 e. The van der Waals surface area contributed by atoms with E-state index in [1.807, 2.05) is 20.8 Å². The fourth-order valence-electron chi connectivity index (χ4n) is 1.60. The average molecular weight is 250 g/mol. The highest BCUT2D eigenvalue weighted by Gasteiger charge is 2.09. The Balaban J connectivity index is 2.46. The lowest BCUT2D eigenvalue weighted by Gasteiger charge is -2.15. The first-order chi connectivity index (χ1) is 8.52. The maximum atomic E-state index is 13.4. The highest BCUT2D eigenvalue weighted by Crippen LogP contribution is 2.18. The Morgan fingerprint density at radius 2 is 2.17 bits per heavy atom. The van der Waals surface area contributed by atoms with E-state index in [0.717, 1.165) is 5.56 Å². The molecule has 0 amide bonds. The van der Waals surface area contributed by atoms with Gasteiger partial charge >= 0.3 is 0 Å². The molecular formula is C14H19FN2O. The number of hydrogen-bond donors (Lipinski definition) is 1. The molecule has 0 aliphatic rings. The summed E-state index contributed by atoms with van der Waals surface area (Å²) in [7, 11) is 0. The molecular weight excluding hydrogens is 231 g/mol. The van der Waals surface area contributed by atoms with E-state index in [1.165, 1.54) is 6.07 Å². The van der Waals surface area contributed by atoms with Gasteiger partial charge < -0.3 is 4.74 Å². The molecule has 0 aliphatic carbocycles. The predicted octanol–water partition coefficient (Wildman–Crippen LogP) is 2.79. The second kappa shape index (κ2) is 6.97. The van der Waals surface area contributed by atoms with Gasteiger partial charge in [-0.1, -0.05) is 6.07 Å². The van der Waals surface area contributed by atoms with E-state index in [-0.39, 0.29) is 23.7 Å². The van der Waals surface area contributed by atoms with Crippen LogP contribution in [0.5, 0.6) is 5.75 Å². The predicted molar refractivity (Wildman–Crippen MR) is 68.9 cm³/mol. The van der Waals surface area contributed by atoms with Crippen LogP contribution in [0.3, 0.4) is 0 Å². The van der Waals surface area contributed by atoms with Gasteiger partial charge in [0, 0.05) is 12.5 Å². The third kappa shape index (κ3) is 4.72. The highest BCUT2D eigenvalue weighted by atomic mass is 19.1. The van der Waals surface area contributed by atoms with Crippen molar-refractivity contribution in [2.24, 2.45) is 0 Å². The molecule has 1 aromatic rings. The molecule has 1 unspecified atom stereocenters. The number of rotatable bonds is 6. The zero-order valence-electron chi connectivity index (χ0n) is 11.0. The normalized spacial score (nSPS) is 12.2. The van der Waals surface area contributed by atoms with Crippen LogP contribution in [0.1, 0.15) is 25.8 Å². The lowest BCUT2D eigenvalue weighted by molar-refractivity contribution is 0.281. The topological polar surface area (TPSA) is 45.0 Å². The SMILES string of the molecule is Cc1ccc(F)c(OCCC(C#N)NC(C)C)c1. The van der Waals surface area contributed by atoms with Crippen molar-refractivity contribution in [1.82, 2.24) is 5.32 Å². The van der Waals surface area contributed by atoms with Gasteiger partial charge in [-0.05, 0) is 38.5 Å². The smallest absolute Gasteiger partial charge is 0.165 e. The second-order valence-corrected chi connectivity index (χ2v) is 4.57. The Hall–Kier alpha value is -1.60. The van der Waals surface area contributed by atoms with E-state index < -0.39 is 0 Å². The molecule has 4 heteroatoms. The van der Waals surface area contributed by atoms with E-state index in [4.69, 9.17) is 10.00 Å². The summed E-state index contributed by atoms with van der Waals surface area (Å²) >= 11 is 0. The van der Waals surface area contributed by atoms with Gasteiger partial charge in [0.2, 0.25) is 0 Å². The van der Waals surface area contributed by atoms with Gasteiger partial charge in [0.1, 0.15) is 0 Å². The lowest BCUT2D eigenvalue weighted by atomic mass is 10.2. The molecule has 0 saturated heterocycles. The standard InChI is InChI=1S/C14H19FN2O/c1-10(2)17-12(9-16)6-7-18-14-8-11(3)4-5-13(14)15/h4-5,8,10,12,17H,6-7H2,1-3H3. The van der Waals surface area contributed by atoms with Gasteiger partial charge in [0.05, 0.1) is 18.7 Å². The molecule has 0 aliphatic heterocycles. The number of nitrogens with zero attached hydrogens (tertiary/aromatic N) is 1. The molecule has 1 rings (SSSR count). The summed E-state index contributed by atoms with van der Waals surface area (Å²) in [5.74, 6) is -0.123. The molecule has 0 aromatic heterocycles. The van der Waals surface area contributed by atoms with Crippen molar-refractivity contribution >= 4 is 0 Å². The molecule has 0 radical (unpaired) electrons. The third-order valence-corrected chi connectivity index (χ3v) is 2.44. The Morgan fingerprint density at radius 1 is 1.44 bits per heavy atom. The molecule has 1 N–H and O–H groups in total. The first-order valence-electron chi connectivity index (χ1n) is 6.07. The minimum Gasteiger partial charge on any atom is -0.490 e. The van der Waals surface area contributed by atoms with Crippen molar-refractivity contribution in [3.05, 3.63) is 29.6 Å². The van der Waals surface area contributed by atoms with Crippen LogP contribution in [-0.4, -0.2) is 18.7 Å². The molecule has 1 aromatic carbocycles. The summed E-state index contributed by atoms with van der Waals surface area (Å²) in [5.41, 5.74) is 0.948. The van der Waals surface area contributed by atoms with Crippen LogP contribution in [0.15, 0.2) is 18.2 Å². The first kappa shape index (κ1) is 14.5. The fraction of sp³-hybridized carbons (Fsp3) is 0.500. The summed E-state index contributed by atoms with van der Waals surface area (Å²) in [6.07, 6.45) is 0.530. The van der Waals surface area contributed by atoms with E-state index in [9.17, 15) is 4.39 Å². The van der Waals surface area contributed by atoms with Gasteiger partial charge in [0.25, 0.3) is 0 Å². The van der Waals surface area contributed by atoms with E-state index in [2.05, 4.69) is 11.4 Å². The minimum absolute atomic E-state index is 0.241. The average Bonchev–Trinajstić information content (AvgIpc) is 2.31. The van der Waals surface area contributed by atoms with E-state index in [0.29, 0.717) is 13.0 Å². The quantitative estimate of drug-likeness (QED) is 0.844. The summed E-state index contributed by atoms with van der Waals surface area (Å²) < 4.78 is 18.7. The molecule has 0 saturated carbocycles. The van der Waals surface area contributed by atoms with Crippen molar-refractivity contribution < 1.29 is 9.13 Å². The van der Waals surface area contributed by atoms with Gasteiger partial charge in [-0.25, -0.2) is 4.39 Å². The van der Waals surface area contributed by atoms with Crippen molar-refractivity contribution in [3.8, 4) is 11.8 Å². The Labute approximate surface area is 108 Å². The minimum atomic E-state index is -0.370. The summed E-state index contributed by atoms with van der Waals surface area (Å²) in [6, 6.07) is 6.88. The summed E-state index contributed by atoms with van der Waals surface area (Å²) in [6.45, 7) is 6.15. The van der Waals surface area contributed by atoms with Gasteiger partial charge in [-0.3, -0.25) is 5.32 Å². The van der Waals surface area contributed by atoms with Crippen molar-refractivity contribution in [2.45, 2.75) is 39.3 Å². The molecule has 1 atom stereocenters. The molecule has 18 heavy (non-hydrogen) atoms. The number of nitrogens with one attached hydrogen (secondary N) is 1. The zero-order valence-corrected chi connectivity index (χ0v) is 11.0. The van der Waals surface area contributed by atoms with E-state index in [1.54, 1.807) is 12.1 Å². The Bertz CT molecular complexity index is 426. The maximum absolute atomic E-state index is 13.4. The molecule has 0 bridgehead atoms. The van der Waals surface area contributed by atoms with Gasteiger partial charge in [-0.2, -0.15) is 5.26 Å². The maximum Gasteiger partial charge on any atom is 0.165 e. The van der Waals surface area contributed by atoms with Crippen LogP contribution >= 0.6 is 0 Å². The highest BCUT2D eigenvalue weighted by molar-refractivity contribution is 5.29. The number of nitriles is 1. The molecule has 0 fully saturated rings. The zero-order chi connectivity index (χ0) is 13.5. The van der Waals surface area contributed by atoms with Crippen LogP contribution in [0.25, 0.3) is 0 Å². The monoisotopic (exact) mass is 250 g/mol. The van der Waals surface area contributed by atoms with Crippen LogP contribution in [-0.2, 0) is 0 Å². The van der Waals surface area contributed by atoms with Gasteiger partial charge in [0.15, 0.2) is 11.6 Å². The second-order valence-electron chi connectivity index (χ2n) is 4.57. The Morgan fingerprint density at radius 3 is 2.78 bits per heavy atom. The van der Waals surface area contributed by atoms with Crippen LogP contribution < -0.4 is 10.1 Å². The summed E-state index contributed by atoms with van der Waals surface area (Å²) in [4.78, 5) is 0. The number of hydrogen-bond acceptors (Lipinski definition) is 3. The number of aryl methyl sites for hydroxylation is 1. The van der Waals surface area contributed by atoms with Crippen LogP contribution in [0, 0.1) is 24.1 Å². The number of halogens is 1. The number of ether oxygens (including phenoxy) is 1. The molecule has 3 nitrogen and oxygen atoms in total. The Kier molecular flexibility index (Phi) is 5.60. The van der Waals surface area contributed by atoms with Crippen molar-refractivity contribution in [3.63, 3.8) is 0 Å². The van der Waals surface area contributed by atoms with E-state index >= 15 is 0 Å². The van der Waals surface area contributed by atoms with Gasteiger partial charge in [-0.15, -0.1) is 0 Å². The van der Waals surface area contributed by atoms with Crippen molar-refractivity contribution in [1.29, 1.82) is 5.26 Å². The number of benzene rings is 1. The fourth-order valence-corrected chi connectivity index (χ4v) is 1.60.